The van der Waals surface area contributed by atoms with E-state index in [-0.39, 0.29) is 24.8 Å². The first-order chi connectivity index (χ1) is 14.4. The van der Waals surface area contributed by atoms with E-state index in [0.29, 0.717) is 34.1 Å². The average molecular weight is 411 g/mol. The Morgan fingerprint density at radius 1 is 1.17 bits per heavy atom. The van der Waals surface area contributed by atoms with Crippen LogP contribution in [0.4, 0.5) is 4.39 Å². The van der Waals surface area contributed by atoms with E-state index in [0.717, 1.165) is 0 Å². The fourth-order valence-corrected chi connectivity index (χ4v) is 2.89. The molecule has 156 valence electrons. The molecule has 0 aliphatic rings. The van der Waals surface area contributed by atoms with Gasteiger partial charge in [0, 0.05) is 24.5 Å². The van der Waals surface area contributed by atoms with Crippen molar-refractivity contribution < 1.29 is 23.5 Å². The molecule has 7 nitrogen and oxygen atoms in total. The lowest BCUT2D eigenvalue weighted by Gasteiger charge is -2.12. The highest BCUT2D eigenvalue weighted by Gasteiger charge is 2.12. The third-order valence-corrected chi connectivity index (χ3v) is 4.52. The molecule has 3 rings (SSSR count). The van der Waals surface area contributed by atoms with Gasteiger partial charge in [-0.05, 0) is 49.7 Å². The minimum atomic E-state index is -0.408. The summed E-state index contributed by atoms with van der Waals surface area (Å²) >= 11 is 0. The molecule has 0 aliphatic carbocycles. The molecule has 1 amide bonds. The second kappa shape index (κ2) is 9.21. The van der Waals surface area contributed by atoms with Gasteiger partial charge >= 0.3 is 0 Å². The van der Waals surface area contributed by atoms with Crippen LogP contribution in [0.2, 0.25) is 0 Å². The van der Waals surface area contributed by atoms with Crippen molar-refractivity contribution in [3.63, 3.8) is 0 Å². The van der Waals surface area contributed by atoms with E-state index in [9.17, 15) is 14.0 Å². The summed E-state index contributed by atoms with van der Waals surface area (Å²) in [7, 11) is 1.45. The van der Waals surface area contributed by atoms with Crippen molar-refractivity contribution >= 4 is 11.7 Å². The van der Waals surface area contributed by atoms with Crippen molar-refractivity contribution in [1.29, 1.82) is 0 Å². The number of imidazole rings is 1. The lowest BCUT2D eigenvalue weighted by atomic mass is 10.1. The largest absolute Gasteiger partial charge is 0.493 e. The molecule has 1 aromatic heterocycles. The van der Waals surface area contributed by atoms with Crippen LogP contribution < -0.4 is 14.8 Å². The number of amides is 1. The van der Waals surface area contributed by atoms with Gasteiger partial charge in [0.15, 0.2) is 23.9 Å². The van der Waals surface area contributed by atoms with E-state index in [1.807, 2.05) is 0 Å². The van der Waals surface area contributed by atoms with Crippen molar-refractivity contribution in [2.45, 2.75) is 20.4 Å². The van der Waals surface area contributed by atoms with Gasteiger partial charge in [-0.15, -0.1) is 0 Å². The van der Waals surface area contributed by atoms with Crippen LogP contribution >= 0.6 is 0 Å². The van der Waals surface area contributed by atoms with Gasteiger partial charge in [-0.1, -0.05) is 6.07 Å². The van der Waals surface area contributed by atoms with Crippen molar-refractivity contribution in [3.05, 3.63) is 71.6 Å². The molecule has 0 spiro atoms. The Morgan fingerprint density at radius 3 is 2.60 bits per heavy atom. The van der Waals surface area contributed by atoms with Gasteiger partial charge in [0.1, 0.15) is 11.6 Å². The van der Waals surface area contributed by atoms with E-state index in [1.165, 1.54) is 20.1 Å². The third-order valence-electron chi connectivity index (χ3n) is 4.52. The van der Waals surface area contributed by atoms with Crippen molar-refractivity contribution in [1.82, 2.24) is 14.9 Å². The molecule has 8 heteroatoms. The molecule has 0 saturated carbocycles. The summed E-state index contributed by atoms with van der Waals surface area (Å²) in [6, 6.07) is 9.49. The highest BCUT2D eigenvalue weighted by Crippen LogP contribution is 2.28. The summed E-state index contributed by atoms with van der Waals surface area (Å²) in [6.45, 7) is 3.15. The molecule has 0 atom stereocenters. The molecule has 1 heterocycles. The zero-order chi connectivity index (χ0) is 21.7. The number of aryl methyl sites for hydroxylation is 1. The fraction of sp³-hybridized carbons (Fsp3) is 0.227. The lowest BCUT2D eigenvalue weighted by Crippen LogP contribution is -2.28. The molecule has 0 fully saturated rings. The van der Waals surface area contributed by atoms with Crippen LogP contribution in [0.1, 0.15) is 28.7 Å². The number of carbonyl (C=O) groups is 2. The summed E-state index contributed by atoms with van der Waals surface area (Å²) in [5.41, 5.74) is 1.50. The molecular weight excluding hydrogens is 389 g/mol. The zero-order valence-electron chi connectivity index (χ0n) is 16.9. The number of aromatic nitrogens is 2. The van der Waals surface area contributed by atoms with Crippen LogP contribution in [-0.2, 0) is 11.3 Å². The Balaban J connectivity index is 1.57. The maximum Gasteiger partial charge on any atom is 0.258 e. The Bertz CT molecular complexity index is 1080. The van der Waals surface area contributed by atoms with Gasteiger partial charge in [-0.25, -0.2) is 9.37 Å². The standard InChI is InChI=1S/C22H22FN3O4/c1-14(27)17-5-7-20(21(11-17)29-3)30-13-22(28)25-12-16-4-6-19(18(23)10-16)26-9-8-24-15(26)2/h4-11H,12-13H2,1-3H3,(H,25,28). The molecule has 0 unspecified atom stereocenters. The Kier molecular flexibility index (Phi) is 6.46. The molecule has 0 radical (unpaired) electrons. The van der Waals surface area contributed by atoms with Crippen LogP contribution in [0, 0.1) is 12.7 Å². The lowest BCUT2D eigenvalue weighted by molar-refractivity contribution is -0.123. The second-order valence-corrected chi connectivity index (χ2v) is 6.62. The Labute approximate surface area is 173 Å². The molecule has 0 bridgehead atoms. The number of hydrogen-bond acceptors (Lipinski definition) is 5. The third kappa shape index (κ3) is 4.83. The number of benzene rings is 2. The average Bonchev–Trinajstić information content (AvgIpc) is 3.16. The molecule has 1 N–H and O–H groups in total. The van der Waals surface area contributed by atoms with Crippen LogP contribution in [0.25, 0.3) is 5.69 Å². The maximum atomic E-state index is 14.4. The number of carbonyl (C=O) groups excluding carboxylic acids is 2. The topological polar surface area (TPSA) is 82.5 Å². The number of rotatable bonds is 8. The summed E-state index contributed by atoms with van der Waals surface area (Å²) in [5.74, 6) is 0.515. The molecular formula is C22H22FN3O4. The predicted molar refractivity (Wildman–Crippen MR) is 109 cm³/mol. The molecule has 2 aromatic carbocycles. The van der Waals surface area contributed by atoms with Gasteiger partial charge in [0.05, 0.1) is 12.8 Å². The van der Waals surface area contributed by atoms with E-state index in [4.69, 9.17) is 9.47 Å². The first-order valence-electron chi connectivity index (χ1n) is 9.26. The normalized spacial score (nSPS) is 10.5. The SMILES string of the molecule is COc1cc(C(C)=O)ccc1OCC(=O)NCc1ccc(-n2ccnc2C)c(F)c1. The smallest absolute Gasteiger partial charge is 0.258 e. The summed E-state index contributed by atoms with van der Waals surface area (Å²) in [4.78, 5) is 27.6. The monoisotopic (exact) mass is 411 g/mol. The van der Waals surface area contributed by atoms with Crippen molar-refractivity contribution in [3.8, 4) is 17.2 Å². The van der Waals surface area contributed by atoms with Gasteiger partial charge in [-0.3, -0.25) is 9.59 Å². The zero-order valence-corrected chi connectivity index (χ0v) is 16.9. The minimum absolute atomic E-state index is 0.0981. The number of methoxy groups -OCH3 is 1. The fourth-order valence-electron chi connectivity index (χ4n) is 2.89. The van der Waals surface area contributed by atoms with Crippen molar-refractivity contribution in [2.24, 2.45) is 0 Å². The van der Waals surface area contributed by atoms with Gasteiger partial charge < -0.3 is 19.4 Å². The van der Waals surface area contributed by atoms with Gasteiger partial charge in [0.25, 0.3) is 5.91 Å². The first kappa shape index (κ1) is 21.0. The van der Waals surface area contributed by atoms with Gasteiger partial charge in [0.2, 0.25) is 0 Å². The highest BCUT2D eigenvalue weighted by molar-refractivity contribution is 5.94. The summed E-state index contributed by atoms with van der Waals surface area (Å²) in [5, 5.41) is 2.68. The number of hydrogen-bond donors (Lipinski definition) is 1. The van der Waals surface area contributed by atoms with Crippen molar-refractivity contribution in [2.75, 3.05) is 13.7 Å². The van der Waals surface area contributed by atoms with E-state index in [1.54, 1.807) is 54.2 Å². The van der Waals surface area contributed by atoms with Crippen LogP contribution in [0.3, 0.4) is 0 Å². The number of nitrogens with one attached hydrogen (secondary N) is 1. The first-order valence-corrected chi connectivity index (χ1v) is 9.26. The number of nitrogens with zero attached hydrogens (tertiary/aromatic N) is 2. The van der Waals surface area contributed by atoms with E-state index >= 15 is 0 Å². The number of halogens is 1. The number of Topliss-reactive ketones (excluding diaryl/α,β-unsaturated/α-hetero) is 1. The molecule has 30 heavy (non-hydrogen) atoms. The van der Waals surface area contributed by atoms with E-state index in [2.05, 4.69) is 10.3 Å². The summed E-state index contributed by atoms with van der Waals surface area (Å²) < 4.78 is 26.8. The Morgan fingerprint density at radius 2 is 1.97 bits per heavy atom. The number of ether oxygens (including phenoxy) is 2. The van der Waals surface area contributed by atoms with Crippen LogP contribution in [0.15, 0.2) is 48.8 Å². The van der Waals surface area contributed by atoms with E-state index < -0.39 is 5.82 Å². The summed E-state index contributed by atoms with van der Waals surface area (Å²) in [6.07, 6.45) is 3.29. The second-order valence-electron chi connectivity index (χ2n) is 6.62. The highest BCUT2D eigenvalue weighted by atomic mass is 19.1. The maximum absolute atomic E-state index is 14.4. The molecule has 3 aromatic rings. The molecule has 0 saturated heterocycles. The van der Waals surface area contributed by atoms with Crippen LogP contribution in [-0.4, -0.2) is 35.0 Å². The molecule has 0 aliphatic heterocycles. The number of ketones is 1. The van der Waals surface area contributed by atoms with Crippen LogP contribution in [0.5, 0.6) is 11.5 Å². The van der Waals surface area contributed by atoms with Gasteiger partial charge in [-0.2, -0.15) is 0 Å². The minimum Gasteiger partial charge on any atom is -0.493 e. The quantitative estimate of drug-likeness (QED) is 0.576. The Hall–Kier alpha value is -3.68. The predicted octanol–water partition coefficient (Wildman–Crippen LogP) is 3.23.